The second-order valence-corrected chi connectivity index (χ2v) is 6.53. The fraction of sp³-hybridized carbons (Fsp3) is 0.200. The third-order valence-corrected chi connectivity index (χ3v) is 5.95. The number of rotatable bonds is 0. The summed E-state index contributed by atoms with van der Waals surface area (Å²) in [6, 6.07) is 13.4. The molecule has 16 heavy (non-hydrogen) atoms. The Bertz CT molecular complexity index is 689. The summed E-state index contributed by atoms with van der Waals surface area (Å²) in [4.78, 5) is 0. The molecule has 0 fully saturated rings. The Morgan fingerprint density at radius 2 is 1.62 bits per heavy atom. The Kier molecular flexibility index (Phi) is 2.09. The molecule has 0 spiro atoms. The molecule has 1 aromatic heterocycles. The van der Waals surface area contributed by atoms with E-state index in [1.54, 1.807) is 10.2 Å². The van der Waals surface area contributed by atoms with Gasteiger partial charge >= 0.3 is 0 Å². The van der Waals surface area contributed by atoms with Gasteiger partial charge in [-0.05, 0) is 42.4 Å². The first kappa shape index (κ1) is 9.93. The molecular weight excluding hydrogens is 211 g/mol. The molecule has 0 amide bonds. The smallest absolute Gasteiger partial charge is 0.00529 e. The van der Waals surface area contributed by atoms with E-state index in [4.69, 9.17) is 0 Å². The summed E-state index contributed by atoms with van der Waals surface area (Å²) in [7, 11) is -0.134. The molecule has 0 bridgehead atoms. The molecule has 0 radical (unpaired) electrons. The minimum absolute atomic E-state index is 0.134. The molecule has 0 aliphatic rings. The average Bonchev–Trinajstić information content (AvgIpc) is 2.59. The van der Waals surface area contributed by atoms with Crippen molar-refractivity contribution in [2.24, 2.45) is 6.66 Å². The van der Waals surface area contributed by atoms with Gasteiger partial charge in [0.2, 0.25) is 0 Å². The van der Waals surface area contributed by atoms with E-state index in [2.05, 4.69) is 56.9 Å². The van der Waals surface area contributed by atoms with Gasteiger partial charge in [-0.15, -0.1) is 7.53 Å². The Hall–Kier alpha value is -1.26. The maximum absolute atomic E-state index is 2.38. The van der Waals surface area contributed by atoms with E-state index in [9.17, 15) is 0 Å². The van der Waals surface area contributed by atoms with Crippen LogP contribution in [0.1, 0.15) is 11.1 Å². The monoisotopic (exact) mass is 226 g/mol. The maximum atomic E-state index is 2.38. The van der Waals surface area contributed by atoms with Crippen molar-refractivity contribution in [1.82, 2.24) is 0 Å². The van der Waals surface area contributed by atoms with Crippen molar-refractivity contribution in [1.29, 1.82) is 0 Å². The largest absolute Gasteiger partial charge is 0.112 e. The molecule has 80 valence electrons. The van der Waals surface area contributed by atoms with Crippen molar-refractivity contribution in [3.63, 3.8) is 0 Å². The van der Waals surface area contributed by atoms with Crippen molar-refractivity contribution < 1.29 is 0 Å². The van der Waals surface area contributed by atoms with Gasteiger partial charge in [0, 0.05) is 10.2 Å². The Morgan fingerprint density at radius 3 is 2.44 bits per heavy atom. The standard InChI is InChI=1S/C15H15P/c1-10-8-9-13-12-6-4-5-7-14(12)16(3)15(13)11(10)2/h4-9H,1-3H3. The third kappa shape index (κ3) is 1.17. The highest BCUT2D eigenvalue weighted by Gasteiger charge is 2.10. The van der Waals surface area contributed by atoms with Crippen molar-refractivity contribution >= 4 is 28.5 Å². The zero-order chi connectivity index (χ0) is 11.3. The van der Waals surface area contributed by atoms with E-state index in [0.717, 1.165) is 0 Å². The van der Waals surface area contributed by atoms with Gasteiger partial charge in [-0.25, -0.2) is 0 Å². The topological polar surface area (TPSA) is 0 Å². The predicted molar refractivity (Wildman–Crippen MR) is 74.6 cm³/mol. The number of aryl methyl sites for hydroxylation is 3. The summed E-state index contributed by atoms with van der Waals surface area (Å²) in [5.74, 6) is 0. The van der Waals surface area contributed by atoms with Crippen molar-refractivity contribution in [2.45, 2.75) is 13.8 Å². The molecule has 0 nitrogen and oxygen atoms in total. The highest BCUT2D eigenvalue weighted by Crippen LogP contribution is 2.48. The molecule has 3 aromatic rings. The average molecular weight is 226 g/mol. The number of fused-ring (bicyclic) bond motifs is 3. The van der Waals surface area contributed by atoms with E-state index < -0.39 is 0 Å². The summed E-state index contributed by atoms with van der Waals surface area (Å²) in [6.07, 6.45) is 0. The van der Waals surface area contributed by atoms with E-state index >= 15 is 0 Å². The fourth-order valence-corrected chi connectivity index (χ4v) is 4.91. The summed E-state index contributed by atoms with van der Waals surface area (Å²) >= 11 is 0. The summed E-state index contributed by atoms with van der Waals surface area (Å²) in [5.41, 5.74) is 2.91. The first-order valence-electron chi connectivity index (χ1n) is 5.63. The maximum Gasteiger partial charge on any atom is 0.00529 e. The lowest BCUT2D eigenvalue weighted by atomic mass is 10.1. The van der Waals surface area contributed by atoms with Crippen LogP contribution in [0.3, 0.4) is 0 Å². The molecule has 1 unspecified atom stereocenters. The van der Waals surface area contributed by atoms with Crippen LogP contribution in [0.5, 0.6) is 0 Å². The quantitative estimate of drug-likeness (QED) is 0.498. The Morgan fingerprint density at radius 1 is 0.875 bits per heavy atom. The lowest BCUT2D eigenvalue weighted by Crippen LogP contribution is -1.79. The van der Waals surface area contributed by atoms with Gasteiger partial charge in [0.05, 0.1) is 0 Å². The summed E-state index contributed by atoms with van der Waals surface area (Å²) < 4.78 is 0. The molecule has 0 aliphatic carbocycles. The predicted octanol–water partition coefficient (Wildman–Crippen LogP) is 5.13. The normalized spacial score (nSPS) is 12.6. The fourth-order valence-electron chi connectivity index (χ4n) is 2.56. The van der Waals surface area contributed by atoms with Crippen LogP contribution in [0.4, 0.5) is 0 Å². The molecule has 1 atom stereocenters. The van der Waals surface area contributed by atoms with Crippen LogP contribution in [0.25, 0.3) is 21.0 Å². The second kappa shape index (κ2) is 3.37. The number of hydrogen-bond donors (Lipinski definition) is 0. The van der Waals surface area contributed by atoms with E-state index in [1.807, 2.05) is 0 Å². The first-order valence-corrected chi connectivity index (χ1v) is 7.42. The zero-order valence-electron chi connectivity index (χ0n) is 9.91. The molecule has 0 N–H and O–H groups in total. The molecular formula is C15H15P. The second-order valence-electron chi connectivity index (χ2n) is 4.48. The van der Waals surface area contributed by atoms with Gasteiger partial charge in [-0.1, -0.05) is 36.4 Å². The minimum atomic E-state index is -0.134. The molecule has 0 aliphatic heterocycles. The van der Waals surface area contributed by atoms with Crippen molar-refractivity contribution in [3.05, 3.63) is 47.5 Å². The first-order chi connectivity index (χ1) is 7.70. The van der Waals surface area contributed by atoms with E-state index in [1.165, 1.54) is 21.9 Å². The van der Waals surface area contributed by atoms with Gasteiger partial charge in [-0.3, -0.25) is 0 Å². The highest BCUT2D eigenvalue weighted by molar-refractivity contribution is 7.59. The molecule has 1 heteroatoms. The number of hydrogen-bond acceptors (Lipinski definition) is 0. The van der Waals surface area contributed by atoms with Crippen LogP contribution in [0, 0.1) is 13.8 Å². The molecule has 0 saturated carbocycles. The van der Waals surface area contributed by atoms with Crippen LogP contribution < -0.4 is 0 Å². The molecule has 0 saturated heterocycles. The molecule has 1 heterocycles. The lowest BCUT2D eigenvalue weighted by Gasteiger charge is -2.03. The molecule has 2 aromatic carbocycles. The van der Waals surface area contributed by atoms with Crippen molar-refractivity contribution in [3.8, 4) is 0 Å². The highest BCUT2D eigenvalue weighted by atomic mass is 31.1. The van der Waals surface area contributed by atoms with Crippen LogP contribution in [0.15, 0.2) is 36.4 Å². The Labute approximate surface area is 97.0 Å². The van der Waals surface area contributed by atoms with E-state index in [0.29, 0.717) is 0 Å². The van der Waals surface area contributed by atoms with Gasteiger partial charge in [0.1, 0.15) is 0 Å². The van der Waals surface area contributed by atoms with Crippen LogP contribution >= 0.6 is 7.53 Å². The molecule has 3 rings (SSSR count). The third-order valence-electron chi connectivity index (χ3n) is 3.59. The number of benzene rings is 2. The lowest BCUT2D eigenvalue weighted by molar-refractivity contribution is 1.39. The van der Waals surface area contributed by atoms with E-state index in [-0.39, 0.29) is 7.53 Å². The van der Waals surface area contributed by atoms with Gasteiger partial charge in [0.25, 0.3) is 0 Å². The summed E-state index contributed by atoms with van der Waals surface area (Å²) in [5, 5.41) is 6.05. The van der Waals surface area contributed by atoms with Gasteiger partial charge in [0.15, 0.2) is 0 Å². The van der Waals surface area contributed by atoms with Crippen LogP contribution in [0.2, 0.25) is 0 Å². The zero-order valence-corrected chi connectivity index (χ0v) is 10.8. The van der Waals surface area contributed by atoms with Crippen LogP contribution in [-0.2, 0) is 6.66 Å². The SMILES string of the molecule is Cc1ccc2c3ccccc3p(C)c2c1C. The van der Waals surface area contributed by atoms with Crippen molar-refractivity contribution in [2.75, 3.05) is 0 Å². The minimum Gasteiger partial charge on any atom is -0.112 e. The Balaban J connectivity index is 2.67. The van der Waals surface area contributed by atoms with Gasteiger partial charge < -0.3 is 0 Å². The van der Waals surface area contributed by atoms with Gasteiger partial charge in [-0.2, -0.15) is 0 Å². The van der Waals surface area contributed by atoms with Crippen LogP contribution in [-0.4, -0.2) is 0 Å². The summed E-state index contributed by atoms with van der Waals surface area (Å²) in [6.45, 7) is 6.85.